The Bertz CT molecular complexity index is 465. The summed E-state index contributed by atoms with van der Waals surface area (Å²) in [5, 5.41) is 0. The maximum Gasteiger partial charge on any atom is 0.0121 e. The molecule has 0 aromatic heterocycles. The average Bonchev–Trinajstić information content (AvgIpc) is 3.43. The molecule has 1 saturated carbocycles. The van der Waals surface area contributed by atoms with Gasteiger partial charge in [-0.1, -0.05) is 13.8 Å². The zero-order valence-corrected chi connectivity index (χ0v) is 19.0. The summed E-state index contributed by atoms with van der Waals surface area (Å²) in [5.41, 5.74) is 0.714. The molecule has 0 aromatic rings. The maximum absolute atomic E-state index is 2.81. The molecule has 4 heteroatoms. The van der Waals surface area contributed by atoms with Crippen LogP contribution in [0.2, 0.25) is 0 Å². The topological polar surface area (TPSA) is 13.0 Å². The van der Waals surface area contributed by atoms with Crippen molar-refractivity contribution in [2.75, 3.05) is 72.5 Å². The summed E-state index contributed by atoms with van der Waals surface area (Å²) in [4.78, 5) is 10.9. The van der Waals surface area contributed by atoms with E-state index in [2.05, 4.69) is 40.5 Å². The molecule has 4 aliphatic rings. The molecule has 0 amide bonds. The van der Waals surface area contributed by atoms with Gasteiger partial charge in [0.1, 0.15) is 0 Å². The SMILES string of the molecule is CC(C)CC1(CN2CCC(CN3CCC(N4CCN(C)CC4)CC3)CC2)CC1. The molecule has 1 aliphatic carbocycles. The summed E-state index contributed by atoms with van der Waals surface area (Å²) in [6.07, 6.45) is 10.1. The van der Waals surface area contributed by atoms with Gasteiger partial charge in [0.05, 0.1) is 0 Å². The van der Waals surface area contributed by atoms with E-state index < -0.39 is 0 Å². The van der Waals surface area contributed by atoms with Gasteiger partial charge in [-0.25, -0.2) is 0 Å². The number of piperazine rings is 1. The first-order valence-corrected chi connectivity index (χ1v) is 12.4. The van der Waals surface area contributed by atoms with E-state index in [1.165, 1.54) is 110 Å². The Morgan fingerprint density at radius 2 is 1.39 bits per heavy atom. The largest absolute Gasteiger partial charge is 0.304 e. The van der Waals surface area contributed by atoms with E-state index in [0.29, 0.717) is 5.41 Å². The minimum Gasteiger partial charge on any atom is -0.304 e. The number of likely N-dealkylation sites (N-methyl/N-ethyl adjacent to an activating group) is 1. The Kier molecular flexibility index (Phi) is 7.02. The smallest absolute Gasteiger partial charge is 0.0121 e. The number of likely N-dealkylation sites (tertiary alicyclic amines) is 2. The predicted octanol–water partition coefficient (Wildman–Crippen LogP) is 3.24. The van der Waals surface area contributed by atoms with Crippen molar-refractivity contribution < 1.29 is 0 Å². The van der Waals surface area contributed by atoms with E-state index in [9.17, 15) is 0 Å². The molecular weight excluding hydrogens is 344 g/mol. The molecule has 4 rings (SSSR count). The van der Waals surface area contributed by atoms with Crippen molar-refractivity contribution in [1.82, 2.24) is 19.6 Å². The molecule has 3 aliphatic heterocycles. The summed E-state index contributed by atoms with van der Waals surface area (Å²) in [6.45, 7) is 18.1. The van der Waals surface area contributed by atoms with Crippen LogP contribution in [0.1, 0.15) is 58.8 Å². The number of hydrogen-bond acceptors (Lipinski definition) is 4. The summed E-state index contributed by atoms with van der Waals surface area (Å²) < 4.78 is 0. The summed E-state index contributed by atoms with van der Waals surface area (Å²) in [5.74, 6) is 1.82. The minimum atomic E-state index is 0.714. The van der Waals surface area contributed by atoms with Gasteiger partial charge in [-0.2, -0.15) is 0 Å². The molecule has 162 valence electrons. The lowest BCUT2D eigenvalue weighted by Gasteiger charge is -2.43. The lowest BCUT2D eigenvalue weighted by molar-refractivity contribution is 0.0560. The van der Waals surface area contributed by atoms with E-state index in [-0.39, 0.29) is 0 Å². The van der Waals surface area contributed by atoms with Gasteiger partial charge in [-0.3, -0.25) is 4.90 Å². The standard InChI is InChI=1S/C24H46N4/c1-21(2)18-24(8-9-24)20-27-10-4-22(5-11-27)19-26-12-6-23(7-13-26)28-16-14-25(3)15-17-28/h21-23H,4-20H2,1-3H3. The molecule has 0 radical (unpaired) electrons. The van der Waals surface area contributed by atoms with Crippen LogP contribution >= 0.6 is 0 Å². The van der Waals surface area contributed by atoms with Crippen molar-refractivity contribution >= 4 is 0 Å². The fourth-order valence-corrected chi connectivity index (χ4v) is 6.29. The molecule has 0 bridgehead atoms. The zero-order valence-electron chi connectivity index (χ0n) is 19.0. The highest BCUT2D eigenvalue weighted by Crippen LogP contribution is 2.51. The van der Waals surface area contributed by atoms with Gasteiger partial charge in [0.2, 0.25) is 0 Å². The van der Waals surface area contributed by atoms with Crippen molar-refractivity contribution in [3.05, 3.63) is 0 Å². The molecule has 4 nitrogen and oxygen atoms in total. The third-order valence-electron chi connectivity index (χ3n) is 8.19. The van der Waals surface area contributed by atoms with Crippen LogP contribution in [0.5, 0.6) is 0 Å². The molecule has 3 heterocycles. The lowest BCUT2D eigenvalue weighted by atomic mass is 9.90. The first-order valence-electron chi connectivity index (χ1n) is 12.4. The Morgan fingerprint density at radius 1 is 0.786 bits per heavy atom. The van der Waals surface area contributed by atoms with Gasteiger partial charge in [-0.15, -0.1) is 0 Å². The summed E-state index contributed by atoms with van der Waals surface area (Å²) in [7, 11) is 2.26. The highest BCUT2D eigenvalue weighted by Gasteiger charge is 2.44. The van der Waals surface area contributed by atoms with E-state index in [4.69, 9.17) is 0 Å². The highest BCUT2D eigenvalue weighted by atomic mass is 15.3. The van der Waals surface area contributed by atoms with Crippen molar-refractivity contribution in [3.63, 3.8) is 0 Å². The second-order valence-corrected chi connectivity index (χ2v) is 11.2. The minimum absolute atomic E-state index is 0.714. The van der Waals surface area contributed by atoms with Crippen LogP contribution in [0, 0.1) is 17.3 Å². The van der Waals surface area contributed by atoms with Crippen LogP contribution < -0.4 is 0 Å². The van der Waals surface area contributed by atoms with Gasteiger partial charge >= 0.3 is 0 Å². The summed E-state index contributed by atoms with van der Waals surface area (Å²) >= 11 is 0. The third kappa shape index (κ3) is 5.71. The first kappa shape index (κ1) is 21.1. The normalized spacial score (nSPS) is 29.6. The van der Waals surface area contributed by atoms with Crippen LogP contribution in [0.4, 0.5) is 0 Å². The molecule has 0 atom stereocenters. The second kappa shape index (κ2) is 9.32. The Hall–Kier alpha value is -0.160. The predicted molar refractivity (Wildman–Crippen MR) is 119 cm³/mol. The van der Waals surface area contributed by atoms with Crippen LogP contribution in [-0.2, 0) is 0 Å². The van der Waals surface area contributed by atoms with Gasteiger partial charge in [-0.05, 0) is 95.4 Å². The van der Waals surface area contributed by atoms with E-state index in [1.807, 2.05) is 0 Å². The second-order valence-electron chi connectivity index (χ2n) is 11.2. The molecule has 0 unspecified atom stereocenters. The van der Waals surface area contributed by atoms with Crippen LogP contribution in [0.3, 0.4) is 0 Å². The van der Waals surface area contributed by atoms with Gasteiger partial charge in [0.15, 0.2) is 0 Å². The van der Waals surface area contributed by atoms with Crippen molar-refractivity contribution in [2.24, 2.45) is 17.3 Å². The number of hydrogen-bond donors (Lipinski definition) is 0. The van der Waals surface area contributed by atoms with E-state index in [0.717, 1.165) is 17.9 Å². The Balaban J connectivity index is 1.12. The Labute approximate surface area is 174 Å². The quantitative estimate of drug-likeness (QED) is 0.661. The van der Waals surface area contributed by atoms with Gasteiger partial charge < -0.3 is 14.7 Å². The fourth-order valence-electron chi connectivity index (χ4n) is 6.29. The molecule has 0 spiro atoms. The third-order valence-corrected chi connectivity index (χ3v) is 8.19. The van der Waals surface area contributed by atoms with Crippen LogP contribution in [0.25, 0.3) is 0 Å². The van der Waals surface area contributed by atoms with Crippen LogP contribution in [-0.4, -0.2) is 98.1 Å². The Morgan fingerprint density at radius 3 is 1.96 bits per heavy atom. The van der Waals surface area contributed by atoms with Crippen molar-refractivity contribution in [3.8, 4) is 0 Å². The zero-order chi connectivity index (χ0) is 19.6. The number of piperidine rings is 2. The van der Waals surface area contributed by atoms with Crippen molar-refractivity contribution in [2.45, 2.75) is 64.8 Å². The molecule has 0 aromatic carbocycles. The fraction of sp³-hybridized carbons (Fsp3) is 1.00. The van der Waals surface area contributed by atoms with Crippen molar-refractivity contribution in [1.29, 1.82) is 0 Å². The average molecular weight is 391 g/mol. The molecule has 3 saturated heterocycles. The van der Waals surface area contributed by atoms with Crippen LogP contribution in [0.15, 0.2) is 0 Å². The monoisotopic (exact) mass is 390 g/mol. The lowest BCUT2D eigenvalue weighted by Crippen LogP contribution is -2.52. The summed E-state index contributed by atoms with van der Waals surface area (Å²) in [6, 6.07) is 0.863. The maximum atomic E-state index is 2.81. The van der Waals surface area contributed by atoms with E-state index >= 15 is 0 Å². The highest BCUT2D eigenvalue weighted by molar-refractivity contribution is 4.96. The molecule has 4 fully saturated rings. The van der Waals surface area contributed by atoms with Gasteiger partial charge in [0, 0.05) is 45.3 Å². The molecule has 28 heavy (non-hydrogen) atoms. The van der Waals surface area contributed by atoms with Gasteiger partial charge in [0.25, 0.3) is 0 Å². The van der Waals surface area contributed by atoms with E-state index in [1.54, 1.807) is 0 Å². The first-order chi connectivity index (χ1) is 13.5. The molecule has 0 N–H and O–H groups in total. The molecular formula is C24H46N4. The number of nitrogens with zero attached hydrogens (tertiary/aromatic N) is 4. The number of rotatable bonds is 7.